The van der Waals surface area contributed by atoms with Crippen LogP contribution in [0, 0.1) is 0 Å². The van der Waals surface area contributed by atoms with Crippen LogP contribution in [0.3, 0.4) is 0 Å². The van der Waals surface area contributed by atoms with Gasteiger partial charge in [-0.25, -0.2) is 0 Å². The third kappa shape index (κ3) is 3.51. The number of morpholine rings is 1. The van der Waals surface area contributed by atoms with E-state index in [-0.39, 0.29) is 0 Å². The van der Waals surface area contributed by atoms with E-state index < -0.39 is 0 Å². The first-order valence-corrected chi connectivity index (χ1v) is 5.82. The fourth-order valence-electron chi connectivity index (χ4n) is 1.87. The number of nitrogens with zero attached hydrogens (tertiary/aromatic N) is 1. The minimum absolute atomic E-state index is 0.322. The molecule has 0 radical (unpaired) electrons. The van der Waals surface area contributed by atoms with Crippen molar-refractivity contribution in [3.8, 4) is 5.75 Å². The Morgan fingerprint density at radius 3 is 2.94 bits per heavy atom. The van der Waals surface area contributed by atoms with Crippen LogP contribution in [-0.4, -0.2) is 44.4 Å². The topological polar surface area (TPSA) is 21.7 Å². The molecule has 0 aliphatic carbocycles. The average Bonchev–Trinajstić information content (AvgIpc) is 2.30. The normalized spacial score (nSPS) is 21.9. The van der Waals surface area contributed by atoms with Gasteiger partial charge in [-0.3, -0.25) is 0 Å². The van der Waals surface area contributed by atoms with Crippen LogP contribution in [0.1, 0.15) is 6.42 Å². The Kier molecular flexibility index (Phi) is 4.19. The molecule has 88 valence electrons. The number of rotatable bonds is 4. The molecule has 0 aromatic heterocycles. The largest absolute Gasteiger partial charge is 0.493 e. The Balaban J connectivity index is 1.68. The van der Waals surface area contributed by atoms with Crippen LogP contribution in [0.5, 0.6) is 5.75 Å². The van der Waals surface area contributed by atoms with Gasteiger partial charge < -0.3 is 14.4 Å². The summed E-state index contributed by atoms with van der Waals surface area (Å²) >= 11 is 0. The predicted octanol–water partition coefficient (Wildman–Crippen LogP) is 1.79. The van der Waals surface area contributed by atoms with Crippen LogP contribution in [0.15, 0.2) is 30.3 Å². The number of benzene rings is 1. The Labute approximate surface area is 97.0 Å². The molecule has 1 aromatic carbocycles. The Morgan fingerprint density at radius 2 is 2.19 bits per heavy atom. The second-order valence-electron chi connectivity index (χ2n) is 4.21. The van der Waals surface area contributed by atoms with Gasteiger partial charge in [0.1, 0.15) is 5.75 Å². The van der Waals surface area contributed by atoms with Crippen molar-refractivity contribution in [2.24, 2.45) is 0 Å². The predicted molar refractivity (Wildman–Crippen MR) is 63.8 cm³/mol. The lowest BCUT2D eigenvalue weighted by Crippen LogP contribution is -2.40. The van der Waals surface area contributed by atoms with Crippen molar-refractivity contribution in [3.63, 3.8) is 0 Å². The van der Waals surface area contributed by atoms with E-state index in [1.807, 2.05) is 30.3 Å². The van der Waals surface area contributed by atoms with E-state index in [4.69, 9.17) is 9.47 Å². The van der Waals surface area contributed by atoms with Crippen molar-refractivity contribution in [2.45, 2.75) is 12.5 Å². The van der Waals surface area contributed by atoms with Gasteiger partial charge in [0.25, 0.3) is 0 Å². The van der Waals surface area contributed by atoms with Crippen LogP contribution >= 0.6 is 0 Å². The van der Waals surface area contributed by atoms with Gasteiger partial charge in [0.2, 0.25) is 0 Å². The summed E-state index contributed by atoms with van der Waals surface area (Å²) in [7, 11) is 2.13. The standard InChI is InChI=1S/C13H19NO2/c1-14-8-10-16-13(11-14)7-9-15-12-5-3-2-4-6-12/h2-6,13H,7-11H2,1H3. The molecule has 0 N–H and O–H groups in total. The van der Waals surface area contributed by atoms with Crippen molar-refractivity contribution in [3.05, 3.63) is 30.3 Å². The van der Waals surface area contributed by atoms with Crippen LogP contribution in [0.25, 0.3) is 0 Å². The maximum Gasteiger partial charge on any atom is 0.119 e. The lowest BCUT2D eigenvalue weighted by molar-refractivity contribution is -0.0284. The summed E-state index contributed by atoms with van der Waals surface area (Å²) in [6, 6.07) is 9.92. The lowest BCUT2D eigenvalue weighted by atomic mass is 10.2. The summed E-state index contributed by atoms with van der Waals surface area (Å²) in [5.41, 5.74) is 0. The van der Waals surface area contributed by atoms with Crippen molar-refractivity contribution in [2.75, 3.05) is 33.4 Å². The van der Waals surface area contributed by atoms with E-state index in [0.29, 0.717) is 6.10 Å². The van der Waals surface area contributed by atoms with E-state index in [1.54, 1.807) is 0 Å². The minimum atomic E-state index is 0.322. The molecule has 1 aromatic rings. The fraction of sp³-hybridized carbons (Fsp3) is 0.538. The molecular formula is C13H19NO2. The second-order valence-corrected chi connectivity index (χ2v) is 4.21. The van der Waals surface area contributed by atoms with Crippen LogP contribution in [0.4, 0.5) is 0 Å². The molecule has 1 unspecified atom stereocenters. The molecule has 2 rings (SSSR count). The smallest absolute Gasteiger partial charge is 0.119 e. The Hall–Kier alpha value is -1.06. The highest BCUT2D eigenvalue weighted by Crippen LogP contribution is 2.11. The summed E-state index contributed by atoms with van der Waals surface area (Å²) in [5.74, 6) is 0.937. The van der Waals surface area contributed by atoms with Crippen LogP contribution in [-0.2, 0) is 4.74 Å². The van der Waals surface area contributed by atoms with E-state index in [1.165, 1.54) is 0 Å². The van der Waals surface area contributed by atoms with Crippen molar-refractivity contribution < 1.29 is 9.47 Å². The molecule has 1 aliphatic rings. The second kappa shape index (κ2) is 5.87. The fourth-order valence-corrected chi connectivity index (χ4v) is 1.87. The van der Waals surface area contributed by atoms with E-state index in [0.717, 1.165) is 38.5 Å². The first-order valence-electron chi connectivity index (χ1n) is 5.82. The van der Waals surface area contributed by atoms with Crippen LogP contribution in [0.2, 0.25) is 0 Å². The highest BCUT2D eigenvalue weighted by atomic mass is 16.5. The van der Waals surface area contributed by atoms with Crippen LogP contribution < -0.4 is 4.74 Å². The molecule has 16 heavy (non-hydrogen) atoms. The summed E-state index contributed by atoms with van der Waals surface area (Å²) in [6.45, 7) is 3.61. The number of hydrogen-bond donors (Lipinski definition) is 0. The molecule has 1 saturated heterocycles. The minimum Gasteiger partial charge on any atom is -0.493 e. The molecule has 1 aliphatic heterocycles. The highest BCUT2D eigenvalue weighted by molar-refractivity contribution is 5.20. The monoisotopic (exact) mass is 221 g/mol. The molecule has 1 atom stereocenters. The Morgan fingerprint density at radius 1 is 1.38 bits per heavy atom. The van der Waals surface area contributed by atoms with Gasteiger partial charge in [-0.05, 0) is 19.2 Å². The van der Waals surface area contributed by atoms with Crippen molar-refractivity contribution >= 4 is 0 Å². The van der Waals surface area contributed by atoms with Crippen molar-refractivity contribution in [1.82, 2.24) is 4.90 Å². The van der Waals surface area contributed by atoms with E-state index in [2.05, 4.69) is 11.9 Å². The van der Waals surface area contributed by atoms with Crippen molar-refractivity contribution in [1.29, 1.82) is 0 Å². The van der Waals surface area contributed by atoms with E-state index in [9.17, 15) is 0 Å². The summed E-state index contributed by atoms with van der Waals surface area (Å²) in [5, 5.41) is 0. The first-order chi connectivity index (χ1) is 7.84. The number of para-hydroxylation sites is 1. The molecule has 3 heteroatoms. The number of likely N-dealkylation sites (N-methyl/N-ethyl adjacent to an activating group) is 1. The molecule has 1 fully saturated rings. The zero-order valence-corrected chi connectivity index (χ0v) is 9.76. The maximum atomic E-state index is 5.66. The molecule has 1 heterocycles. The molecular weight excluding hydrogens is 202 g/mol. The molecule has 0 amide bonds. The number of hydrogen-bond acceptors (Lipinski definition) is 3. The first kappa shape index (κ1) is 11.4. The van der Waals surface area contributed by atoms with Gasteiger partial charge in [0.05, 0.1) is 19.3 Å². The van der Waals surface area contributed by atoms with Gasteiger partial charge >= 0.3 is 0 Å². The Bertz CT molecular complexity index is 302. The van der Waals surface area contributed by atoms with Gasteiger partial charge in [0, 0.05) is 19.5 Å². The zero-order valence-electron chi connectivity index (χ0n) is 9.76. The highest BCUT2D eigenvalue weighted by Gasteiger charge is 2.17. The lowest BCUT2D eigenvalue weighted by Gasteiger charge is -2.29. The zero-order chi connectivity index (χ0) is 11.2. The third-order valence-corrected chi connectivity index (χ3v) is 2.79. The van der Waals surface area contributed by atoms with Gasteiger partial charge in [-0.15, -0.1) is 0 Å². The summed E-state index contributed by atoms with van der Waals surface area (Å²) in [4.78, 5) is 2.30. The SMILES string of the molecule is CN1CCOC(CCOc2ccccc2)C1. The van der Waals surface area contributed by atoms with Gasteiger partial charge in [-0.2, -0.15) is 0 Å². The maximum absolute atomic E-state index is 5.66. The average molecular weight is 221 g/mol. The third-order valence-electron chi connectivity index (χ3n) is 2.79. The molecule has 0 bridgehead atoms. The summed E-state index contributed by atoms with van der Waals surface area (Å²) in [6.07, 6.45) is 1.28. The molecule has 3 nitrogen and oxygen atoms in total. The summed E-state index contributed by atoms with van der Waals surface area (Å²) < 4.78 is 11.3. The van der Waals surface area contributed by atoms with Gasteiger partial charge in [0.15, 0.2) is 0 Å². The van der Waals surface area contributed by atoms with E-state index >= 15 is 0 Å². The number of ether oxygens (including phenoxy) is 2. The quantitative estimate of drug-likeness (QED) is 0.773. The van der Waals surface area contributed by atoms with Gasteiger partial charge in [-0.1, -0.05) is 18.2 Å². The molecule has 0 spiro atoms. The molecule has 0 saturated carbocycles.